The minimum absolute atomic E-state index is 0.122. The highest BCUT2D eigenvalue weighted by Gasteiger charge is 2.86. The van der Waals surface area contributed by atoms with Crippen LogP contribution in [0, 0.1) is 17.8 Å². The van der Waals surface area contributed by atoms with Crippen molar-refractivity contribution in [1.29, 1.82) is 0 Å². The number of hydrogen-bond donors (Lipinski definition) is 1. The summed E-state index contributed by atoms with van der Waals surface area (Å²) >= 11 is 27.0. The highest BCUT2D eigenvalue weighted by atomic mass is 35.5. The van der Waals surface area contributed by atoms with E-state index in [2.05, 4.69) is 12.2 Å². The molecule has 3 rings (SSSR count). The van der Waals surface area contributed by atoms with Crippen molar-refractivity contribution < 1.29 is 14.3 Å². The standard InChI is InChI=1S/C15H19Cl4NO3/c1-6-5-8-9(10(6)20-7(2)21)14(19)12(17)11(16)13(8,18)15(14,22-3)23-4/h6,8-10H,5H2,1-4H3,(H,20,21)/t6-,8+,9+,10-,13-,14-/m1/s1. The van der Waals surface area contributed by atoms with Gasteiger partial charge >= 0.3 is 0 Å². The molecule has 6 atom stereocenters. The maximum atomic E-state index is 11.6. The van der Waals surface area contributed by atoms with Crippen LogP contribution in [0.4, 0.5) is 0 Å². The average Bonchev–Trinajstić information content (AvgIpc) is 2.94. The fourth-order valence-electron chi connectivity index (χ4n) is 5.02. The van der Waals surface area contributed by atoms with Gasteiger partial charge in [0.2, 0.25) is 11.7 Å². The van der Waals surface area contributed by atoms with E-state index in [1.165, 1.54) is 21.1 Å². The largest absolute Gasteiger partial charge is 0.353 e. The first-order chi connectivity index (χ1) is 10.6. The minimum atomic E-state index is -1.39. The van der Waals surface area contributed by atoms with Crippen molar-refractivity contribution in [3.63, 3.8) is 0 Å². The Bertz CT molecular complexity index is 593. The lowest BCUT2D eigenvalue weighted by Crippen LogP contribution is -2.59. The molecule has 23 heavy (non-hydrogen) atoms. The van der Waals surface area contributed by atoms with Crippen LogP contribution < -0.4 is 5.32 Å². The van der Waals surface area contributed by atoms with Gasteiger partial charge < -0.3 is 14.8 Å². The number of methoxy groups -OCH3 is 2. The van der Waals surface area contributed by atoms with E-state index in [-0.39, 0.29) is 39.8 Å². The third-order valence-electron chi connectivity index (χ3n) is 5.76. The summed E-state index contributed by atoms with van der Waals surface area (Å²) in [5.41, 5.74) is 0. The maximum Gasteiger partial charge on any atom is 0.217 e. The van der Waals surface area contributed by atoms with Crippen LogP contribution in [0.2, 0.25) is 0 Å². The highest BCUT2D eigenvalue weighted by Crippen LogP contribution is 2.77. The first-order valence-corrected chi connectivity index (χ1v) is 8.96. The van der Waals surface area contributed by atoms with Gasteiger partial charge in [-0.25, -0.2) is 0 Å². The lowest BCUT2D eigenvalue weighted by Gasteiger charge is -2.43. The van der Waals surface area contributed by atoms with Crippen LogP contribution in [0.15, 0.2) is 10.1 Å². The van der Waals surface area contributed by atoms with Crippen LogP contribution in [0.5, 0.6) is 0 Å². The fraction of sp³-hybridized carbons (Fsp3) is 0.800. The molecule has 2 saturated carbocycles. The number of halogens is 4. The summed E-state index contributed by atoms with van der Waals surface area (Å²) in [5.74, 6) is -1.69. The Morgan fingerprint density at radius 1 is 1.17 bits per heavy atom. The van der Waals surface area contributed by atoms with E-state index in [1.807, 2.05) is 0 Å². The van der Waals surface area contributed by atoms with Crippen molar-refractivity contribution in [1.82, 2.24) is 5.32 Å². The lowest BCUT2D eigenvalue weighted by atomic mass is 9.82. The molecule has 4 nitrogen and oxygen atoms in total. The number of rotatable bonds is 3. The summed E-state index contributed by atoms with van der Waals surface area (Å²) in [4.78, 5) is 9.22. The Morgan fingerprint density at radius 3 is 2.17 bits per heavy atom. The van der Waals surface area contributed by atoms with Crippen LogP contribution in [0.1, 0.15) is 20.3 Å². The van der Waals surface area contributed by atoms with E-state index in [0.717, 1.165) is 6.42 Å². The number of fused-ring (bicyclic) bond motifs is 5. The summed E-state index contributed by atoms with van der Waals surface area (Å²) in [6, 6.07) is -0.182. The van der Waals surface area contributed by atoms with Crippen molar-refractivity contribution in [2.75, 3.05) is 14.2 Å². The summed E-state index contributed by atoms with van der Waals surface area (Å²) in [7, 11) is 2.96. The summed E-state index contributed by atoms with van der Waals surface area (Å²) in [6.45, 7) is 3.54. The molecule has 3 aliphatic rings. The quantitative estimate of drug-likeness (QED) is 0.581. The predicted octanol–water partition coefficient (Wildman–Crippen LogP) is 3.42. The number of carbonyl (C=O) groups excluding carboxylic acids is 1. The number of alkyl halides is 2. The monoisotopic (exact) mass is 401 g/mol. The molecule has 0 heterocycles. The molecule has 0 spiro atoms. The van der Waals surface area contributed by atoms with Crippen LogP contribution in [-0.2, 0) is 14.3 Å². The number of carbonyl (C=O) groups is 1. The van der Waals surface area contributed by atoms with Crippen molar-refractivity contribution in [2.45, 2.75) is 41.8 Å². The molecule has 2 bridgehead atoms. The second-order valence-electron chi connectivity index (χ2n) is 6.65. The molecule has 0 unspecified atom stereocenters. The molecule has 0 aromatic carbocycles. The normalized spacial score (nSPS) is 47.1. The van der Waals surface area contributed by atoms with E-state index in [4.69, 9.17) is 55.9 Å². The van der Waals surface area contributed by atoms with E-state index >= 15 is 0 Å². The van der Waals surface area contributed by atoms with Crippen molar-refractivity contribution in [3.05, 3.63) is 10.1 Å². The average molecular weight is 403 g/mol. The molecular formula is C15H19Cl4NO3. The van der Waals surface area contributed by atoms with Crippen molar-refractivity contribution in [2.24, 2.45) is 17.8 Å². The minimum Gasteiger partial charge on any atom is -0.353 e. The van der Waals surface area contributed by atoms with E-state index in [1.54, 1.807) is 0 Å². The number of hydrogen-bond acceptors (Lipinski definition) is 3. The van der Waals surface area contributed by atoms with E-state index in [0.29, 0.717) is 0 Å². The van der Waals surface area contributed by atoms with Crippen LogP contribution in [-0.4, -0.2) is 41.7 Å². The smallest absolute Gasteiger partial charge is 0.217 e. The second-order valence-corrected chi connectivity index (χ2v) is 8.60. The first-order valence-electron chi connectivity index (χ1n) is 7.44. The molecule has 2 fully saturated rings. The molecule has 130 valence electrons. The Balaban J connectivity index is 2.21. The van der Waals surface area contributed by atoms with Gasteiger partial charge in [0.1, 0.15) is 9.75 Å². The third-order valence-corrected chi connectivity index (χ3v) is 8.44. The van der Waals surface area contributed by atoms with E-state index < -0.39 is 15.5 Å². The molecule has 3 aliphatic carbocycles. The van der Waals surface area contributed by atoms with Crippen molar-refractivity contribution in [3.8, 4) is 0 Å². The molecule has 0 aliphatic heterocycles. The number of nitrogens with one attached hydrogen (secondary N) is 1. The Kier molecular flexibility index (Phi) is 4.24. The summed E-state index contributed by atoms with van der Waals surface area (Å²) in [5, 5.41) is 3.51. The molecule has 8 heteroatoms. The first kappa shape index (κ1) is 18.1. The molecule has 0 radical (unpaired) electrons. The predicted molar refractivity (Wildman–Crippen MR) is 91.0 cm³/mol. The SMILES string of the molecule is COC1(OC)[C@]2(Cl)C(Cl)=C(Cl)[C@]1(Cl)[C@H]1C[C@@H](C)[C@@H](NC(C)=O)[C@H]12. The van der Waals surface area contributed by atoms with Gasteiger partial charge in [-0.1, -0.05) is 30.1 Å². The zero-order chi connectivity index (χ0) is 17.4. The van der Waals surface area contributed by atoms with Gasteiger partial charge in [-0.05, 0) is 18.3 Å². The van der Waals surface area contributed by atoms with E-state index in [9.17, 15) is 4.79 Å². The lowest BCUT2D eigenvalue weighted by molar-refractivity contribution is -0.222. The Labute approximate surface area is 155 Å². The van der Waals surface area contributed by atoms with Crippen LogP contribution >= 0.6 is 46.4 Å². The Morgan fingerprint density at radius 2 is 1.70 bits per heavy atom. The molecular weight excluding hydrogens is 384 g/mol. The van der Waals surface area contributed by atoms with Crippen LogP contribution in [0.3, 0.4) is 0 Å². The third kappa shape index (κ3) is 1.76. The maximum absolute atomic E-state index is 11.6. The second kappa shape index (κ2) is 5.39. The van der Waals surface area contributed by atoms with Gasteiger partial charge in [-0.3, -0.25) is 4.79 Å². The van der Waals surface area contributed by atoms with Crippen LogP contribution in [0.25, 0.3) is 0 Å². The molecule has 1 N–H and O–H groups in total. The van der Waals surface area contributed by atoms with Gasteiger partial charge in [0.25, 0.3) is 0 Å². The molecule has 0 aromatic heterocycles. The molecule has 1 amide bonds. The number of ether oxygens (including phenoxy) is 2. The zero-order valence-electron chi connectivity index (χ0n) is 13.3. The van der Waals surface area contributed by atoms with Gasteiger partial charge in [-0.2, -0.15) is 0 Å². The fourth-order valence-corrected chi connectivity index (χ4v) is 7.29. The van der Waals surface area contributed by atoms with Gasteiger partial charge in [0.05, 0.1) is 10.1 Å². The van der Waals surface area contributed by atoms with Gasteiger partial charge in [0.15, 0.2) is 0 Å². The highest BCUT2D eigenvalue weighted by molar-refractivity contribution is 6.52. The molecule has 0 aromatic rings. The Hall–Kier alpha value is 0.290. The van der Waals surface area contributed by atoms with Gasteiger partial charge in [0, 0.05) is 33.1 Å². The zero-order valence-corrected chi connectivity index (χ0v) is 16.3. The summed E-state index contributed by atoms with van der Waals surface area (Å²) < 4.78 is 11.4. The topological polar surface area (TPSA) is 47.6 Å². The van der Waals surface area contributed by atoms with Gasteiger partial charge in [-0.15, -0.1) is 23.2 Å². The number of amides is 1. The summed E-state index contributed by atoms with van der Waals surface area (Å²) in [6.07, 6.45) is 0.739. The van der Waals surface area contributed by atoms with Crippen molar-refractivity contribution >= 4 is 52.3 Å². The molecule has 0 saturated heterocycles.